The van der Waals surface area contributed by atoms with Crippen LogP contribution in [0.15, 0.2) is 78.9 Å². The zero-order valence-corrected chi connectivity index (χ0v) is 36.3. The minimum Gasteiger partial charge on any atom is -0.483 e. The van der Waals surface area contributed by atoms with Crippen molar-refractivity contribution >= 4 is 35.3 Å². The number of aliphatic hydroxyl groups is 1. The number of carbonyl (C=O) groups is 4. The van der Waals surface area contributed by atoms with Crippen molar-refractivity contribution in [2.75, 3.05) is 57.8 Å². The molecule has 14 heteroatoms. The molecule has 4 aromatic rings. The van der Waals surface area contributed by atoms with Gasteiger partial charge in [0, 0.05) is 62.4 Å². The maximum Gasteiger partial charge on any atom is 0.257 e. The van der Waals surface area contributed by atoms with Crippen LogP contribution in [0.2, 0.25) is 0 Å². The molecule has 0 saturated carbocycles. The first-order chi connectivity index (χ1) is 30.8. The van der Waals surface area contributed by atoms with Gasteiger partial charge in [0.1, 0.15) is 23.4 Å². The van der Waals surface area contributed by atoms with Crippen molar-refractivity contribution in [3.8, 4) is 16.9 Å². The summed E-state index contributed by atoms with van der Waals surface area (Å²) >= 11 is 0. The summed E-state index contributed by atoms with van der Waals surface area (Å²) in [6, 6.07) is 23.8. The van der Waals surface area contributed by atoms with Crippen LogP contribution in [0.25, 0.3) is 16.9 Å². The van der Waals surface area contributed by atoms with Gasteiger partial charge in [-0.3, -0.25) is 29.4 Å². The second kappa shape index (κ2) is 20.5. The number of rotatable bonds is 19. The number of imide groups is 1. The summed E-state index contributed by atoms with van der Waals surface area (Å²) in [6.07, 6.45) is 11.4. The van der Waals surface area contributed by atoms with Crippen LogP contribution in [0, 0.1) is 6.92 Å². The summed E-state index contributed by atoms with van der Waals surface area (Å²) in [5.41, 5.74) is 7.05. The predicted octanol–water partition coefficient (Wildman–Crippen LogP) is 5.66. The van der Waals surface area contributed by atoms with E-state index in [4.69, 9.17) is 9.84 Å². The maximum atomic E-state index is 13.1. The van der Waals surface area contributed by atoms with Gasteiger partial charge in [-0.1, -0.05) is 92.8 Å². The molecule has 2 fully saturated rings. The van der Waals surface area contributed by atoms with Crippen molar-refractivity contribution in [3.63, 3.8) is 0 Å². The minimum atomic E-state index is -0.706. The number of β-amino-alcohol motifs (C(OH)–C–C–N with tert-alkyl or cyclic N) is 1. The highest BCUT2D eigenvalue weighted by molar-refractivity contribution is 6.05. The summed E-state index contributed by atoms with van der Waals surface area (Å²) in [5, 5.41) is 23.8. The third-order valence-electron chi connectivity index (χ3n) is 12.8. The van der Waals surface area contributed by atoms with Gasteiger partial charge in [-0.2, -0.15) is 5.10 Å². The first-order valence-electron chi connectivity index (χ1n) is 22.7. The van der Waals surface area contributed by atoms with Crippen molar-refractivity contribution in [1.29, 1.82) is 0 Å². The first-order valence-corrected chi connectivity index (χ1v) is 22.7. The van der Waals surface area contributed by atoms with Crippen LogP contribution in [0.1, 0.15) is 96.6 Å². The third-order valence-corrected chi connectivity index (χ3v) is 12.8. The molecule has 2 atom stereocenters. The average molecular weight is 857 g/mol. The van der Waals surface area contributed by atoms with Gasteiger partial charge in [0.15, 0.2) is 6.61 Å². The fourth-order valence-corrected chi connectivity index (χ4v) is 9.40. The number of fused-ring (bicyclic) bond motifs is 2. The zero-order valence-electron chi connectivity index (χ0n) is 36.3. The highest BCUT2D eigenvalue weighted by Crippen LogP contribution is 2.41. The van der Waals surface area contributed by atoms with E-state index in [0.29, 0.717) is 30.0 Å². The molecule has 4 aliphatic heterocycles. The number of nitrogens with one attached hydrogen (secondary N) is 3. The van der Waals surface area contributed by atoms with Gasteiger partial charge < -0.3 is 30.3 Å². The summed E-state index contributed by atoms with van der Waals surface area (Å²) < 4.78 is 7.97. The van der Waals surface area contributed by atoms with Crippen LogP contribution in [-0.2, 0) is 27.3 Å². The number of piperazine rings is 1. The van der Waals surface area contributed by atoms with Gasteiger partial charge >= 0.3 is 0 Å². The number of anilines is 1. The molecule has 332 valence electrons. The Morgan fingerprint density at radius 3 is 2.38 bits per heavy atom. The van der Waals surface area contributed by atoms with E-state index >= 15 is 0 Å². The normalized spacial score (nSPS) is 18.7. The summed E-state index contributed by atoms with van der Waals surface area (Å²) in [5.74, 6) is 1.31. The average Bonchev–Trinajstić information content (AvgIpc) is 3.82. The quantitative estimate of drug-likeness (QED) is 0.0685. The van der Waals surface area contributed by atoms with Gasteiger partial charge in [0.05, 0.1) is 24.9 Å². The van der Waals surface area contributed by atoms with E-state index in [0.717, 1.165) is 100 Å². The molecule has 0 spiro atoms. The number of aromatic nitrogens is 2. The largest absolute Gasteiger partial charge is 0.483 e. The van der Waals surface area contributed by atoms with Gasteiger partial charge in [-0.05, 0) is 67.5 Å². The van der Waals surface area contributed by atoms with Crippen LogP contribution in [-0.4, -0.2) is 112 Å². The Bertz CT molecular complexity index is 2300. The van der Waals surface area contributed by atoms with Crippen molar-refractivity contribution in [2.24, 2.45) is 0 Å². The van der Waals surface area contributed by atoms with E-state index in [9.17, 15) is 24.3 Å². The van der Waals surface area contributed by atoms with E-state index in [1.165, 1.54) is 21.6 Å². The molecular formula is C49H60N8O6. The lowest BCUT2D eigenvalue weighted by Crippen LogP contribution is -2.52. The monoisotopic (exact) mass is 856 g/mol. The number of aliphatic hydroxyl groups excluding tert-OH is 1. The number of ether oxygens (including phenoxy) is 1. The zero-order chi connectivity index (χ0) is 43.7. The standard InChI is InChI=1S/C49H60N8O6/c1-34-46(47-51-40(36-17-9-7-10-18-36)31-45(57(47)53-34)55-27-25-54(26-28-55)29-30-58)37-19-12-11-16-35(37)15-8-5-3-2-4-6-13-24-50-44(60)33-63-42-21-14-20-38-39(42)32-56(49(38)62)41-22-23-43(59)52-48(41)61/h7,9-12,14,16-21,31,40-41,51,58H,2-6,8,13,15,22-30,32-33H2,1H3,(H,50,60)(H,52,59,61). The second-order valence-electron chi connectivity index (χ2n) is 17.0. The Labute approximate surface area is 369 Å². The second-order valence-corrected chi connectivity index (χ2v) is 17.0. The molecule has 4 N–H and O–H groups in total. The van der Waals surface area contributed by atoms with Crippen LogP contribution in [0.5, 0.6) is 5.75 Å². The Hall–Kier alpha value is -5.99. The number of nitrogens with zero attached hydrogens (tertiary/aromatic N) is 5. The van der Waals surface area contributed by atoms with E-state index in [1.54, 1.807) is 18.2 Å². The van der Waals surface area contributed by atoms with E-state index < -0.39 is 11.9 Å². The molecule has 5 heterocycles. The van der Waals surface area contributed by atoms with Crippen molar-refractivity contribution in [1.82, 2.24) is 35.1 Å². The van der Waals surface area contributed by atoms with Crippen molar-refractivity contribution in [3.05, 3.63) is 107 Å². The molecule has 14 nitrogen and oxygen atoms in total. The van der Waals surface area contributed by atoms with Crippen molar-refractivity contribution < 1.29 is 29.0 Å². The molecule has 4 aliphatic rings. The smallest absolute Gasteiger partial charge is 0.257 e. The molecule has 63 heavy (non-hydrogen) atoms. The number of hydrogen-bond donors (Lipinski definition) is 4. The van der Waals surface area contributed by atoms with Crippen molar-refractivity contribution in [2.45, 2.75) is 89.8 Å². The SMILES string of the molecule is Cc1nn2c(c1-c1ccccc1CCCCCCCCCNC(=O)COc1cccc3c1CN(C1CCC(=O)NC1=O)C3=O)NC(c1ccccc1)C=C2N1CCN(CCO)CC1. The molecule has 0 radical (unpaired) electrons. The molecule has 1 aromatic heterocycles. The lowest BCUT2D eigenvalue weighted by Gasteiger charge is -2.39. The minimum absolute atomic E-state index is 0.00860. The van der Waals surface area contributed by atoms with E-state index in [2.05, 4.69) is 98.0 Å². The number of unbranched alkanes of at least 4 members (excludes halogenated alkanes) is 6. The third kappa shape index (κ3) is 10.1. The summed E-state index contributed by atoms with van der Waals surface area (Å²) in [4.78, 5) is 56.0. The Morgan fingerprint density at radius 1 is 0.873 bits per heavy atom. The lowest BCUT2D eigenvalue weighted by atomic mass is 9.94. The van der Waals surface area contributed by atoms with Gasteiger partial charge in [0.25, 0.3) is 11.8 Å². The number of aryl methyl sites for hydroxylation is 2. The van der Waals surface area contributed by atoms with Crippen LogP contribution in [0.3, 0.4) is 0 Å². The summed E-state index contributed by atoms with van der Waals surface area (Å²) in [6.45, 7) is 7.18. The number of carbonyl (C=O) groups excluding carboxylic acids is 4. The topological polar surface area (TPSA) is 161 Å². The van der Waals surface area contributed by atoms with Crippen LogP contribution < -0.4 is 20.7 Å². The van der Waals surface area contributed by atoms with E-state index in [-0.39, 0.29) is 56.4 Å². The molecule has 2 unspecified atom stereocenters. The lowest BCUT2D eigenvalue weighted by molar-refractivity contribution is -0.137. The summed E-state index contributed by atoms with van der Waals surface area (Å²) in [7, 11) is 0. The van der Waals surface area contributed by atoms with Crippen LogP contribution in [0.4, 0.5) is 5.82 Å². The molecule has 4 amide bonds. The van der Waals surface area contributed by atoms with Crippen LogP contribution >= 0.6 is 0 Å². The molecule has 0 bridgehead atoms. The molecule has 0 aliphatic carbocycles. The maximum absolute atomic E-state index is 13.1. The highest BCUT2D eigenvalue weighted by atomic mass is 16.5. The Kier molecular flexibility index (Phi) is 14.2. The molecule has 2 saturated heterocycles. The van der Waals surface area contributed by atoms with Gasteiger partial charge in [-0.15, -0.1) is 0 Å². The van der Waals surface area contributed by atoms with Gasteiger partial charge in [-0.25, -0.2) is 4.68 Å². The number of hydrogen-bond acceptors (Lipinski definition) is 10. The highest BCUT2D eigenvalue weighted by Gasteiger charge is 2.40. The first kappa shape index (κ1) is 43.7. The molecule has 8 rings (SSSR count). The number of amides is 4. The van der Waals surface area contributed by atoms with Gasteiger partial charge in [0.2, 0.25) is 11.8 Å². The Balaban J connectivity index is 0.773. The molecular weight excluding hydrogens is 797 g/mol. The fraction of sp³-hybridized carbons (Fsp3) is 0.449. The Morgan fingerprint density at radius 2 is 1.60 bits per heavy atom. The number of piperidine rings is 1. The van der Waals surface area contributed by atoms with E-state index in [1.807, 2.05) is 0 Å². The molecule has 3 aromatic carbocycles. The predicted molar refractivity (Wildman–Crippen MR) is 242 cm³/mol. The number of benzene rings is 3. The fourth-order valence-electron chi connectivity index (χ4n) is 9.40.